The van der Waals surface area contributed by atoms with Gasteiger partial charge < -0.3 is 14.6 Å². The number of amides is 1. The largest absolute Gasteiger partial charge is 0.495 e. The smallest absolute Gasteiger partial charge is 0.272 e. The SMILES string of the molecule is COc1ccc(NC(=O)c2cccn2C)cc1Cl. The molecular formula is C13H13ClN2O2. The molecule has 0 fully saturated rings. The molecule has 18 heavy (non-hydrogen) atoms. The van der Waals surface area contributed by atoms with E-state index in [1.165, 1.54) is 0 Å². The highest BCUT2D eigenvalue weighted by Gasteiger charge is 2.10. The summed E-state index contributed by atoms with van der Waals surface area (Å²) in [5.41, 5.74) is 1.22. The molecule has 1 heterocycles. The molecule has 0 atom stereocenters. The first-order chi connectivity index (χ1) is 8.61. The number of carbonyl (C=O) groups excluding carboxylic acids is 1. The lowest BCUT2D eigenvalue weighted by atomic mass is 10.3. The van der Waals surface area contributed by atoms with E-state index in [0.717, 1.165) is 0 Å². The molecule has 0 unspecified atom stereocenters. The summed E-state index contributed by atoms with van der Waals surface area (Å²) in [7, 11) is 3.36. The summed E-state index contributed by atoms with van der Waals surface area (Å²) in [6.45, 7) is 0. The molecule has 0 saturated carbocycles. The number of nitrogens with one attached hydrogen (secondary N) is 1. The Kier molecular flexibility index (Phi) is 3.58. The van der Waals surface area contributed by atoms with E-state index < -0.39 is 0 Å². The normalized spacial score (nSPS) is 10.2. The fourth-order valence-electron chi connectivity index (χ4n) is 1.64. The number of benzene rings is 1. The van der Waals surface area contributed by atoms with Crippen molar-refractivity contribution in [2.24, 2.45) is 7.05 Å². The summed E-state index contributed by atoms with van der Waals surface area (Å²) in [5, 5.41) is 3.24. The fraction of sp³-hybridized carbons (Fsp3) is 0.154. The Morgan fingerprint density at radius 1 is 1.39 bits per heavy atom. The highest BCUT2D eigenvalue weighted by atomic mass is 35.5. The first kappa shape index (κ1) is 12.5. The minimum absolute atomic E-state index is 0.177. The van der Waals surface area contributed by atoms with Crippen LogP contribution in [0.1, 0.15) is 10.5 Å². The van der Waals surface area contributed by atoms with Crippen LogP contribution < -0.4 is 10.1 Å². The van der Waals surface area contributed by atoms with Crippen molar-refractivity contribution in [2.45, 2.75) is 0 Å². The van der Waals surface area contributed by atoms with Crippen molar-refractivity contribution in [3.63, 3.8) is 0 Å². The van der Waals surface area contributed by atoms with E-state index in [9.17, 15) is 4.79 Å². The van der Waals surface area contributed by atoms with E-state index in [-0.39, 0.29) is 5.91 Å². The van der Waals surface area contributed by atoms with Crippen molar-refractivity contribution < 1.29 is 9.53 Å². The zero-order valence-corrected chi connectivity index (χ0v) is 10.9. The highest BCUT2D eigenvalue weighted by Crippen LogP contribution is 2.27. The number of nitrogens with zero attached hydrogens (tertiary/aromatic N) is 1. The summed E-state index contributed by atoms with van der Waals surface area (Å²) in [4.78, 5) is 12.0. The van der Waals surface area contributed by atoms with Gasteiger partial charge in [0.15, 0.2) is 0 Å². The van der Waals surface area contributed by atoms with Crippen LogP contribution in [0.5, 0.6) is 5.75 Å². The van der Waals surface area contributed by atoms with Crippen LogP contribution in [0.15, 0.2) is 36.5 Å². The topological polar surface area (TPSA) is 43.3 Å². The van der Waals surface area contributed by atoms with Gasteiger partial charge in [-0.1, -0.05) is 11.6 Å². The van der Waals surface area contributed by atoms with Gasteiger partial charge >= 0.3 is 0 Å². The van der Waals surface area contributed by atoms with Gasteiger partial charge in [-0.25, -0.2) is 0 Å². The number of methoxy groups -OCH3 is 1. The van der Waals surface area contributed by atoms with Crippen LogP contribution in [-0.2, 0) is 7.05 Å². The number of rotatable bonds is 3. The average Bonchev–Trinajstić information content (AvgIpc) is 2.76. The number of aromatic nitrogens is 1. The van der Waals surface area contributed by atoms with Gasteiger partial charge in [-0.05, 0) is 30.3 Å². The van der Waals surface area contributed by atoms with E-state index in [4.69, 9.17) is 16.3 Å². The first-order valence-corrected chi connectivity index (χ1v) is 5.76. The molecule has 0 bridgehead atoms. The maximum Gasteiger partial charge on any atom is 0.272 e. The van der Waals surface area contributed by atoms with Crippen LogP contribution in [0, 0.1) is 0 Å². The molecule has 94 valence electrons. The maximum absolute atomic E-state index is 12.0. The Hall–Kier alpha value is -1.94. The standard InChI is InChI=1S/C13H13ClN2O2/c1-16-7-3-4-11(16)13(17)15-9-5-6-12(18-2)10(14)8-9/h3-8H,1-2H3,(H,15,17). The number of hydrogen-bond donors (Lipinski definition) is 1. The summed E-state index contributed by atoms with van der Waals surface area (Å²) in [5.74, 6) is 0.400. The lowest BCUT2D eigenvalue weighted by Crippen LogP contribution is -2.15. The predicted molar refractivity (Wildman–Crippen MR) is 71.4 cm³/mol. The molecule has 1 aromatic heterocycles. The van der Waals surface area contributed by atoms with Crippen molar-refractivity contribution in [2.75, 3.05) is 12.4 Å². The zero-order chi connectivity index (χ0) is 13.1. The summed E-state index contributed by atoms with van der Waals surface area (Å²) >= 11 is 5.99. The minimum Gasteiger partial charge on any atom is -0.495 e. The number of aryl methyl sites for hydroxylation is 1. The van der Waals surface area contributed by atoms with Crippen molar-refractivity contribution in [1.29, 1.82) is 0 Å². The third-order valence-electron chi connectivity index (χ3n) is 2.59. The van der Waals surface area contributed by atoms with Gasteiger partial charge in [0.25, 0.3) is 5.91 Å². The quantitative estimate of drug-likeness (QED) is 0.926. The molecule has 4 nitrogen and oxygen atoms in total. The molecule has 5 heteroatoms. The highest BCUT2D eigenvalue weighted by molar-refractivity contribution is 6.32. The Morgan fingerprint density at radius 2 is 2.17 bits per heavy atom. The van der Waals surface area contributed by atoms with Crippen molar-refractivity contribution >= 4 is 23.2 Å². The van der Waals surface area contributed by atoms with Crippen LogP contribution in [-0.4, -0.2) is 17.6 Å². The summed E-state index contributed by atoms with van der Waals surface area (Å²) in [6, 6.07) is 8.67. The van der Waals surface area contributed by atoms with Crippen LogP contribution in [0.4, 0.5) is 5.69 Å². The van der Waals surface area contributed by atoms with E-state index in [2.05, 4.69) is 5.32 Å². The van der Waals surface area contributed by atoms with Gasteiger partial charge in [0.2, 0.25) is 0 Å². The third kappa shape index (κ3) is 2.49. The molecule has 2 rings (SSSR count). The second kappa shape index (κ2) is 5.14. The molecule has 1 N–H and O–H groups in total. The van der Waals surface area contributed by atoms with Crippen LogP contribution in [0.2, 0.25) is 5.02 Å². The average molecular weight is 265 g/mol. The van der Waals surface area contributed by atoms with Crippen molar-refractivity contribution in [3.8, 4) is 5.75 Å². The van der Waals surface area contributed by atoms with E-state index >= 15 is 0 Å². The number of ether oxygens (including phenoxy) is 1. The van der Waals surface area contributed by atoms with Crippen LogP contribution in [0.25, 0.3) is 0 Å². The Bertz CT molecular complexity index is 578. The van der Waals surface area contributed by atoms with E-state index in [0.29, 0.717) is 22.2 Å². The van der Waals surface area contributed by atoms with Gasteiger partial charge in [0.05, 0.1) is 12.1 Å². The minimum atomic E-state index is -0.177. The Morgan fingerprint density at radius 3 is 2.72 bits per heavy atom. The van der Waals surface area contributed by atoms with Gasteiger partial charge in [-0.15, -0.1) is 0 Å². The molecule has 1 amide bonds. The lowest BCUT2D eigenvalue weighted by molar-refractivity contribution is 0.101. The van der Waals surface area contributed by atoms with Crippen molar-refractivity contribution in [3.05, 3.63) is 47.2 Å². The van der Waals surface area contributed by atoms with E-state index in [1.807, 2.05) is 19.3 Å². The molecule has 0 saturated heterocycles. The number of halogens is 1. The molecular weight excluding hydrogens is 252 g/mol. The molecule has 2 aromatic rings. The molecule has 0 radical (unpaired) electrons. The molecule has 0 aliphatic rings. The molecule has 1 aromatic carbocycles. The summed E-state index contributed by atoms with van der Waals surface area (Å²) in [6.07, 6.45) is 1.82. The lowest BCUT2D eigenvalue weighted by Gasteiger charge is -2.08. The van der Waals surface area contributed by atoms with E-state index in [1.54, 1.807) is 35.9 Å². The summed E-state index contributed by atoms with van der Waals surface area (Å²) < 4.78 is 6.80. The maximum atomic E-state index is 12.0. The van der Waals surface area contributed by atoms with Gasteiger partial charge in [0, 0.05) is 18.9 Å². The van der Waals surface area contributed by atoms with Crippen LogP contribution in [0.3, 0.4) is 0 Å². The zero-order valence-electron chi connectivity index (χ0n) is 10.1. The Balaban J connectivity index is 2.17. The monoisotopic (exact) mass is 264 g/mol. The van der Waals surface area contributed by atoms with Gasteiger partial charge in [-0.2, -0.15) is 0 Å². The predicted octanol–water partition coefficient (Wildman–Crippen LogP) is 2.94. The number of carbonyl (C=O) groups is 1. The molecule has 0 spiro atoms. The second-order valence-electron chi connectivity index (χ2n) is 3.81. The third-order valence-corrected chi connectivity index (χ3v) is 2.88. The van der Waals surface area contributed by atoms with Crippen LogP contribution >= 0.6 is 11.6 Å². The fourth-order valence-corrected chi connectivity index (χ4v) is 1.89. The number of hydrogen-bond acceptors (Lipinski definition) is 2. The molecule has 0 aliphatic carbocycles. The number of anilines is 1. The Labute approximate surface area is 110 Å². The first-order valence-electron chi connectivity index (χ1n) is 5.38. The molecule has 0 aliphatic heterocycles. The second-order valence-corrected chi connectivity index (χ2v) is 4.21. The van der Waals surface area contributed by atoms with Gasteiger partial charge in [-0.3, -0.25) is 4.79 Å². The van der Waals surface area contributed by atoms with Crippen molar-refractivity contribution in [1.82, 2.24) is 4.57 Å². The van der Waals surface area contributed by atoms with Gasteiger partial charge in [0.1, 0.15) is 11.4 Å².